The molecule has 0 radical (unpaired) electrons. The summed E-state index contributed by atoms with van der Waals surface area (Å²) in [6.45, 7) is 3.33. The van der Waals surface area contributed by atoms with E-state index in [0.717, 1.165) is 0 Å². The predicted octanol–water partition coefficient (Wildman–Crippen LogP) is 1.63. The molecule has 0 saturated heterocycles. The van der Waals surface area contributed by atoms with Crippen LogP contribution in [0.15, 0.2) is 21.5 Å². The molecule has 1 rings (SSSR count). The van der Waals surface area contributed by atoms with Gasteiger partial charge in [0.25, 0.3) is 11.5 Å². The molecule has 94 valence electrons. The maximum absolute atomic E-state index is 11.8. The number of aromatic amines is 1. The fourth-order valence-electron chi connectivity index (χ4n) is 1.45. The Hall–Kier alpha value is -1.14. The highest BCUT2D eigenvalue weighted by Crippen LogP contribution is 2.16. The van der Waals surface area contributed by atoms with Gasteiger partial charge in [-0.05, 0) is 35.3 Å². The number of nitrogens with one attached hydrogen (secondary N) is 2. The number of H-pyrrole nitrogens is 1. The summed E-state index contributed by atoms with van der Waals surface area (Å²) in [6, 6.07) is 2.81. The Balaban J connectivity index is 2.84. The number of pyridine rings is 1. The Morgan fingerprint density at radius 2 is 2.24 bits per heavy atom. The van der Waals surface area contributed by atoms with Crippen LogP contribution in [-0.4, -0.2) is 21.6 Å². The van der Waals surface area contributed by atoms with Gasteiger partial charge in [-0.3, -0.25) is 9.59 Å². The van der Waals surface area contributed by atoms with E-state index in [0.29, 0.717) is 23.1 Å². The van der Waals surface area contributed by atoms with Crippen molar-refractivity contribution in [1.29, 1.82) is 0 Å². The first kappa shape index (κ1) is 13.9. The highest BCUT2D eigenvalue weighted by atomic mass is 79.9. The average Bonchev–Trinajstić information content (AvgIpc) is 2.15. The molecule has 0 spiro atoms. The molecule has 0 fully saturated rings. The lowest BCUT2D eigenvalue weighted by Crippen LogP contribution is -2.40. The van der Waals surface area contributed by atoms with E-state index in [4.69, 9.17) is 0 Å². The van der Waals surface area contributed by atoms with Gasteiger partial charge in [-0.1, -0.05) is 13.3 Å². The molecule has 17 heavy (non-hydrogen) atoms. The summed E-state index contributed by atoms with van der Waals surface area (Å²) < 4.78 is 0.468. The van der Waals surface area contributed by atoms with Gasteiger partial charge in [0.2, 0.25) is 0 Å². The molecular weight excluding hydrogens is 288 g/mol. The van der Waals surface area contributed by atoms with Crippen molar-refractivity contribution in [3.05, 3.63) is 27.1 Å². The molecule has 0 aliphatic rings. The molecule has 5 nitrogen and oxygen atoms in total. The zero-order chi connectivity index (χ0) is 13.1. The third-order valence-electron chi connectivity index (χ3n) is 2.30. The maximum atomic E-state index is 11.8. The minimum atomic E-state index is -1.43. The second-order valence-electron chi connectivity index (χ2n) is 4.06. The number of carbonyl (C=O) groups excluding carboxylic acids is 1. The summed E-state index contributed by atoms with van der Waals surface area (Å²) in [5, 5.41) is 12.4. The quantitative estimate of drug-likeness (QED) is 0.739. The van der Waals surface area contributed by atoms with Gasteiger partial charge < -0.3 is 15.4 Å². The molecule has 3 N–H and O–H groups in total. The number of halogens is 1. The molecule has 1 aromatic rings. The molecule has 0 aliphatic heterocycles. The first-order valence-corrected chi connectivity index (χ1v) is 6.08. The Bertz CT molecular complexity index is 468. The van der Waals surface area contributed by atoms with Crippen LogP contribution in [0.5, 0.6) is 0 Å². The molecule has 1 atom stereocenters. The zero-order valence-corrected chi connectivity index (χ0v) is 11.3. The van der Waals surface area contributed by atoms with Crippen LogP contribution < -0.4 is 10.9 Å². The van der Waals surface area contributed by atoms with Crippen molar-refractivity contribution in [2.24, 2.45) is 0 Å². The smallest absolute Gasteiger partial charge is 0.256 e. The molecule has 0 saturated carbocycles. The van der Waals surface area contributed by atoms with Crippen LogP contribution >= 0.6 is 15.9 Å². The van der Waals surface area contributed by atoms with Crippen molar-refractivity contribution in [1.82, 2.24) is 4.98 Å². The molecule has 1 heterocycles. The van der Waals surface area contributed by atoms with Gasteiger partial charge in [0.05, 0.1) is 4.60 Å². The third-order valence-corrected chi connectivity index (χ3v) is 2.72. The fourth-order valence-corrected chi connectivity index (χ4v) is 1.89. The van der Waals surface area contributed by atoms with Crippen LogP contribution in [0.2, 0.25) is 0 Å². The van der Waals surface area contributed by atoms with Crippen molar-refractivity contribution >= 4 is 27.5 Å². The lowest BCUT2D eigenvalue weighted by Gasteiger charge is -2.21. The van der Waals surface area contributed by atoms with Crippen molar-refractivity contribution in [3.63, 3.8) is 0 Å². The lowest BCUT2D eigenvalue weighted by molar-refractivity contribution is -0.133. The first-order chi connectivity index (χ1) is 7.85. The van der Waals surface area contributed by atoms with E-state index in [-0.39, 0.29) is 5.56 Å². The number of aromatic nitrogens is 1. The summed E-state index contributed by atoms with van der Waals surface area (Å²) in [7, 11) is 0. The van der Waals surface area contributed by atoms with E-state index in [9.17, 15) is 14.7 Å². The van der Waals surface area contributed by atoms with Gasteiger partial charge >= 0.3 is 0 Å². The largest absolute Gasteiger partial charge is 0.380 e. The Labute approximate surface area is 107 Å². The maximum Gasteiger partial charge on any atom is 0.256 e. The van der Waals surface area contributed by atoms with Crippen molar-refractivity contribution in [2.45, 2.75) is 32.3 Å². The fraction of sp³-hybridized carbons (Fsp3) is 0.455. The number of carbonyl (C=O) groups is 1. The van der Waals surface area contributed by atoms with Crippen molar-refractivity contribution in [3.8, 4) is 0 Å². The molecular formula is C11H15BrN2O3. The standard InChI is InChI=1S/C11H15BrN2O3/c1-3-4-11(2,17)10(16)13-7-5-8(12)14-9(15)6-7/h5-6,17H,3-4H2,1-2H3,(H2,13,14,15,16)/t11-/m0/s1. The van der Waals surface area contributed by atoms with Crippen LogP contribution in [0.1, 0.15) is 26.7 Å². The van der Waals surface area contributed by atoms with Gasteiger partial charge in [0.1, 0.15) is 5.60 Å². The van der Waals surface area contributed by atoms with Gasteiger partial charge in [-0.25, -0.2) is 0 Å². The Kier molecular flexibility index (Phi) is 4.47. The van der Waals surface area contributed by atoms with Crippen LogP contribution in [0, 0.1) is 0 Å². The van der Waals surface area contributed by atoms with Crippen LogP contribution in [-0.2, 0) is 4.79 Å². The summed E-state index contributed by atoms with van der Waals surface area (Å²) in [5.41, 5.74) is -1.41. The summed E-state index contributed by atoms with van der Waals surface area (Å²) in [6.07, 6.45) is 1.06. The van der Waals surface area contributed by atoms with E-state index in [1.54, 1.807) is 6.07 Å². The zero-order valence-electron chi connectivity index (χ0n) is 9.71. The number of hydrogen-bond acceptors (Lipinski definition) is 3. The van der Waals surface area contributed by atoms with Gasteiger partial charge in [0, 0.05) is 11.8 Å². The predicted molar refractivity (Wildman–Crippen MR) is 68.9 cm³/mol. The number of hydrogen-bond donors (Lipinski definition) is 3. The third kappa shape index (κ3) is 3.98. The minimum Gasteiger partial charge on any atom is -0.380 e. The summed E-state index contributed by atoms with van der Waals surface area (Å²) >= 11 is 3.11. The van der Waals surface area contributed by atoms with Gasteiger partial charge in [0.15, 0.2) is 0 Å². The Morgan fingerprint density at radius 3 is 2.76 bits per heavy atom. The van der Waals surface area contributed by atoms with Gasteiger partial charge in [-0.2, -0.15) is 0 Å². The molecule has 0 aromatic carbocycles. The van der Waals surface area contributed by atoms with E-state index in [2.05, 4.69) is 26.2 Å². The highest BCUT2D eigenvalue weighted by Gasteiger charge is 2.29. The monoisotopic (exact) mass is 302 g/mol. The number of amides is 1. The van der Waals surface area contributed by atoms with E-state index in [1.165, 1.54) is 13.0 Å². The molecule has 1 amide bonds. The second-order valence-corrected chi connectivity index (χ2v) is 4.91. The molecule has 0 aliphatic carbocycles. The first-order valence-electron chi connectivity index (χ1n) is 5.29. The Morgan fingerprint density at radius 1 is 1.59 bits per heavy atom. The number of aliphatic hydroxyl groups is 1. The molecule has 0 bridgehead atoms. The van der Waals surface area contributed by atoms with Crippen LogP contribution in [0.25, 0.3) is 0 Å². The topological polar surface area (TPSA) is 82.2 Å². The van der Waals surface area contributed by atoms with E-state index in [1.807, 2.05) is 6.92 Å². The number of anilines is 1. The average molecular weight is 303 g/mol. The summed E-state index contributed by atoms with van der Waals surface area (Å²) in [4.78, 5) is 25.4. The normalized spacial score (nSPS) is 14.1. The van der Waals surface area contributed by atoms with E-state index >= 15 is 0 Å². The highest BCUT2D eigenvalue weighted by molar-refractivity contribution is 9.10. The summed E-state index contributed by atoms with van der Waals surface area (Å²) in [5.74, 6) is -0.517. The van der Waals surface area contributed by atoms with Crippen LogP contribution in [0.4, 0.5) is 5.69 Å². The molecule has 6 heteroatoms. The van der Waals surface area contributed by atoms with E-state index < -0.39 is 11.5 Å². The minimum absolute atomic E-state index is 0.329. The van der Waals surface area contributed by atoms with Crippen molar-refractivity contribution < 1.29 is 9.90 Å². The molecule has 0 unspecified atom stereocenters. The van der Waals surface area contributed by atoms with Crippen molar-refractivity contribution in [2.75, 3.05) is 5.32 Å². The SMILES string of the molecule is CCC[C@](C)(O)C(=O)Nc1cc(Br)[nH]c(=O)c1. The second kappa shape index (κ2) is 5.46. The van der Waals surface area contributed by atoms with Crippen LogP contribution in [0.3, 0.4) is 0 Å². The number of rotatable bonds is 4. The lowest BCUT2D eigenvalue weighted by atomic mass is 10.00. The molecule has 1 aromatic heterocycles. The van der Waals surface area contributed by atoms with Gasteiger partial charge in [-0.15, -0.1) is 0 Å².